The van der Waals surface area contributed by atoms with Crippen molar-refractivity contribution in [2.24, 2.45) is 23.2 Å². The number of hydrogen-bond acceptors (Lipinski definition) is 0. The molecule has 0 aromatic rings. The van der Waals surface area contributed by atoms with Gasteiger partial charge in [-0.2, -0.15) is 0 Å². The van der Waals surface area contributed by atoms with Crippen molar-refractivity contribution in [3.63, 3.8) is 0 Å². The molecule has 1 aliphatic carbocycles. The van der Waals surface area contributed by atoms with Crippen molar-refractivity contribution in [3.05, 3.63) is 0 Å². The summed E-state index contributed by atoms with van der Waals surface area (Å²) in [7, 11) is 0. The van der Waals surface area contributed by atoms with Gasteiger partial charge in [-0.15, -0.1) is 0 Å². The zero-order chi connectivity index (χ0) is 9.35. The van der Waals surface area contributed by atoms with Crippen LogP contribution in [0.2, 0.25) is 0 Å². The SMILES string of the molecule is CCC(C)C(C)C(C)C1(C)CC1. The molecule has 3 unspecified atom stereocenters. The van der Waals surface area contributed by atoms with Gasteiger partial charge in [-0.05, 0) is 36.0 Å². The molecule has 0 amide bonds. The standard InChI is InChI=1S/C12H24/c1-6-9(2)10(3)11(4)12(5)7-8-12/h9-11H,6-8H2,1-5H3. The molecule has 0 nitrogen and oxygen atoms in total. The fourth-order valence-corrected chi connectivity index (χ4v) is 2.15. The fraction of sp³-hybridized carbons (Fsp3) is 1.00. The van der Waals surface area contributed by atoms with Gasteiger partial charge in [0.1, 0.15) is 0 Å². The molecule has 1 rings (SSSR count). The van der Waals surface area contributed by atoms with Gasteiger partial charge in [-0.3, -0.25) is 0 Å². The lowest BCUT2D eigenvalue weighted by Crippen LogP contribution is -2.22. The van der Waals surface area contributed by atoms with Crippen molar-refractivity contribution in [1.29, 1.82) is 0 Å². The van der Waals surface area contributed by atoms with E-state index in [-0.39, 0.29) is 0 Å². The quantitative estimate of drug-likeness (QED) is 0.592. The Morgan fingerprint density at radius 2 is 1.67 bits per heavy atom. The van der Waals surface area contributed by atoms with E-state index < -0.39 is 0 Å². The molecule has 0 aromatic carbocycles. The van der Waals surface area contributed by atoms with Gasteiger partial charge in [0, 0.05) is 0 Å². The first-order chi connectivity index (χ1) is 5.51. The Labute approximate surface area is 77.7 Å². The molecule has 0 heterocycles. The van der Waals surface area contributed by atoms with Crippen LogP contribution >= 0.6 is 0 Å². The molecule has 0 bridgehead atoms. The minimum absolute atomic E-state index is 0.711. The molecular weight excluding hydrogens is 144 g/mol. The highest BCUT2D eigenvalue weighted by molar-refractivity contribution is 4.95. The van der Waals surface area contributed by atoms with Crippen molar-refractivity contribution in [2.75, 3.05) is 0 Å². The van der Waals surface area contributed by atoms with E-state index in [2.05, 4.69) is 34.6 Å². The maximum absolute atomic E-state index is 2.45. The Morgan fingerprint density at radius 3 is 2.00 bits per heavy atom. The van der Waals surface area contributed by atoms with E-state index in [1.807, 2.05) is 0 Å². The Hall–Kier alpha value is 0. The first-order valence-electron chi connectivity index (χ1n) is 5.51. The van der Waals surface area contributed by atoms with Gasteiger partial charge in [0.05, 0.1) is 0 Å². The van der Waals surface area contributed by atoms with Crippen LogP contribution in [0.25, 0.3) is 0 Å². The molecule has 72 valence electrons. The van der Waals surface area contributed by atoms with Gasteiger partial charge < -0.3 is 0 Å². The highest BCUT2D eigenvalue weighted by Crippen LogP contribution is 2.54. The third-order valence-corrected chi connectivity index (χ3v) is 4.47. The second-order valence-corrected chi connectivity index (χ2v) is 5.19. The van der Waals surface area contributed by atoms with Crippen LogP contribution in [0.5, 0.6) is 0 Å². The van der Waals surface area contributed by atoms with Crippen LogP contribution in [0.3, 0.4) is 0 Å². The van der Waals surface area contributed by atoms with Gasteiger partial charge in [-0.25, -0.2) is 0 Å². The molecular formula is C12H24. The maximum atomic E-state index is 2.45. The Kier molecular flexibility index (Phi) is 2.85. The van der Waals surface area contributed by atoms with Crippen LogP contribution in [0, 0.1) is 23.2 Å². The van der Waals surface area contributed by atoms with Crippen molar-refractivity contribution in [2.45, 2.75) is 53.9 Å². The number of hydrogen-bond donors (Lipinski definition) is 0. The molecule has 3 atom stereocenters. The molecule has 0 heteroatoms. The molecule has 12 heavy (non-hydrogen) atoms. The summed E-state index contributed by atoms with van der Waals surface area (Å²) in [6.45, 7) is 12.0. The Morgan fingerprint density at radius 1 is 1.17 bits per heavy atom. The average Bonchev–Trinajstić information content (AvgIpc) is 2.81. The van der Waals surface area contributed by atoms with Crippen LogP contribution < -0.4 is 0 Å². The molecule has 0 aliphatic heterocycles. The topological polar surface area (TPSA) is 0 Å². The molecule has 0 spiro atoms. The third kappa shape index (κ3) is 1.84. The van der Waals surface area contributed by atoms with Gasteiger partial charge in [0.25, 0.3) is 0 Å². The first-order valence-corrected chi connectivity index (χ1v) is 5.51. The summed E-state index contributed by atoms with van der Waals surface area (Å²) in [6.07, 6.45) is 4.27. The predicted molar refractivity (Wildman–Crippen MR) is 55.1 cm³/mol. The Bertz CT molecular complexity index is 144. The fourth-order valence-electron chi connectivity index (χ4n) is 2.15. The van der Waals surface area contributed by atoms with E-state index in [0.717, 1.165) is 17.8 Å². The van der Waals surface area contributed by atoms with Crippen LogP contribution in [-0.2, 0) is 0 Å². The highest BCUT2D eigenvalue weighted by Gasteiger charge is 2.44. The largest absolute Gasteiger partial charge is 0.0651 e. The second kappa shape index (κ2) is 3.40. The lowest BCUT2D eigenvalue weighted by molar-refractivity contribution is 0.194. The van der Waals surface area contributed by atoms with Crippen LogP contribution in [0.15, 0.2) is 0 Å². The van der Waals surface area contributed by atoms with E-state index in [0.29, 0.717) is 5.41 Å². The van der Waals surface area contributed by atoms with Gasteiger partial charge >= 0.3 is 0 Å². The van der Waals surface area contributed by atoms with Crippen LogP contribution in [0.4, 0.5) is 0 Å². The average molecular weight is 168 g/mol. The molecule has 0 saturated heterocycles. The normalized spacial score (nSPS) is 27.8. The van der Waals surface area contributed by atoms with Crippen LogP contribution in [0.1, 0.15) is 53.9 Å². The van der Waals surface area contributed by atoms with E-state index >= 15 is 0 Å². The van der Waals surface area contributed by atoms with E-state index in [9.17, 15) is 0 Å². The molecule has 0 radical (unpaired) electrons. The smallest absolute Gasteiger partial charge is 0.0297 e. The Balaban J connectivity index is 2.46. The number of rotatable bonds is 4. The third-order valence-electron chi connectivity index (χ3n) is 4.47. The highest BCUT2D eigenvalue weighted by atomic mass is 14.5. The van der Waals surface area contributed by atoms with Crippen molar-refractivity contribution in [1.82, 2.24) is 0 Å². The van der Waals surface area contributed by atoms with Crippen molar-refractivity contribution in [3.8, 4) is 0 Å². The minimum Gasteiger partial charge on any atom is -0.0651 e. The summed E-state index contributed by atoms with van der Waals surface area (Å²) in [5.74, 6) is 2.73. The lowest BCUT2D eigenvalue weighted by Gasteiger charge is -2.30. The summed E-state index contributed by atoms with van der Waals surface area (Å²) in [4.78, 5) is 0. The van der Waals surface area contributed by atoms with Gasteiger partial charge in [0.15, 0.2) is 0 Å². The predicted octanol–water partition coefficient (Wildman–Crippen LogP) is 4.10. The van der Waals surface area contributed by atoms with Crippen molar-refractivity contribution < 1.29 is 0 Å². The molecule has 1 aliphatic rings. The first kappa shape index (κ1) is 10.1. The minimum atomic E-state index is 0.711. The van der Waals surface area contributed by atoms with E-state index in [4.69, 9.17) is 0 Å². The lowest BCUT2D eigenvalue weighted by atomic mass is 9.76. The maximum Gasteiger partial charge on any atom is -0.0297 e. The van der Waals surface area contributed by atoms with Gasteiger partial charge in [0.2, 0.25) is 0 Å². The summed E-state index contributed by atoms with van der Waals surface area (Å²) in [5, 5.41) is 0. The zero-order valence-electron chi connectivity index (χ0n) is 9.35. The van der Waals surface area contributed by atoms with Gasteiger partial charge in [-0.1, -0.05) is 41.0 Å². The molecule has 1 saturated carbocycles. The molecule has 0 N–H and O–H groups in total. The molecule has 0 aromatic heterocycles. The summed E-state index contributed by atoms with van der Waals surface area (Å²) in [5.41, 5.74) is 0.711. The van der Waals surface area contributed by atoms with E-state index in [1.165, 1.54) is 19.3 Å². The van der Waals surface area contributed by atoms with Crippen LogP contribution in [-0.4, -0.2) is 0 Å². The summed E-state index contributed by atoms with van der Waals surface area (Å²) in [6, 6.07) is 0. The second-order valence-electron chi connectivity index (χ2n) is 5.19. The summed E-state index contributed by atoms with van der Waals surface area (Å²) >= 11 is 0. The zero-order valence-corrected chi connectivity index (χ0v) is 9.35. The van der Waals surface area contributed by atoms with Crippen molar-refractivity contribution >= 4 is 0 Å². The monoisotopic (exact) mass is 168 g/mol. The summed E-state index contributed by atoms with van der Waals surface area (Å²) < 4.78 is 0. The van der Waals surface area contributed by atoms with E-state index in [1.54, 1.807) is 0 Å². The molecule has 1 fully saturated rings.